The molecule has 0 aliphatic rings. The molecule has 106 valence electrons. The minimum absolute atomic E-state index is 0.242. The average Bonchev–Trinajstić information content (AvgIpc) is 2.42. The van der Waals surface area contributed by atoms with E-state index in [0.717, 1.165) is 4.47 Å². The van der Waals surface area contributed by atoms with Crippen LogP contribution in [0.5, 0.6) is 0 Å². The van der Waals surface area contributed by atoms with E-state index < -0.39 is 0 Å². The van der Waals surface area contributed by atoms with Crippen LogP contribution in [0.3, 0.4) is 0 Å². The Morgan fingerprint density at radius 2 is 2.00 bits per heavy atom. The van der Waals surface area contributed by atoms with Gasteiger partial charge in [-0.15, -0.1) is 0 Å². The van der Waals surface area contributed by atoms with Crippen molar-refractivity contribution in [3.63, 3.8) is 0 Å². The molecule has 0 fully saturated rings. The average molecular weight is 383 g/mol. The first-order valence-electron chi connectivity index (χ1n) is 5.97. The molecule has 1 heterocycles. The fraction of sp³-hybridized carbons (Fsp3) is 0. The Morgan fingerprint density at radius 3 is 2.76 bits per heavy atom. The van der Waals surface area contributed by atoms with Gasteiger partial charge in [-0.3, -0.25) is 9.36 Å². The highest BCUT2D eigenvalue weighted by molar-refractivity contribution is 9.10. The topological polar surface area (TPSA) is 63.8 Å². The molecule has 1 aromatic heterocycles. The highest BCUT2D eigenvalue weighted by Crippen LogP contribution is 2.23. The van der Waals surface area contributed by atoms with Crippen molar-refractivity contribution in [2.45, 2.75) is 0 Å². The Morgan fingerprint density at radius 1 is 1.24 bits per heavy atom. The number of benzene rings is 2. The van der Waals surface area contributed by atoms with Crippen molar-refractivity contribution >= 4 is 56.3 Å². The zero-order chi connectivity index (χ0) is 15.1. The van der Waals surface area contributed by atoms with Crippen molar-refractivity contribution in [3.8, 4) is 5.69 Å². The molecule has 0 aliphatic carbocycles. The van der Waals surface area contributed by atoms with E-state index in [1.165, 1.54) is 4.57 Å². The SMILES string of the molecule is Nc1ccc(Cl)c(-n2c(=S)[nH]c3cc(Br)ccc3c2=O)c1. The van der Waals surface area contributed by atoms with Crippen molar-refractivity contribution in [1.29, 1.82) is 0 Å². The molecule has 2 aromatic carbocycles. The molecule has 4 nitrogen and oxygen atoms in total. The number of nitrogens with zero attached hydrogens (tertiary/aromatic N) is 1. The van der Waals surface area contributed by atoms with Gasteiger partial charge in [0.1, 0.15) is 0 Å². The monoisotopic (exact) mass is 381 g/mol. The minimum Gasteiger partial charge on any atom is -0.399 e. The molecule has 0 aliphatic heterocycles. The Balaban J connectivity index is 2.44. The number of nitrogens with one attached hydrogen (secondary N) is 1. The summed E-state index contributed by atoms with van der Waals surface area (Å²) < 4.78 is 2.47. The molecule has 0 amide bonds. The Labute approximate surface area is 138 Å². The summed E-state index contributed by atoms with van der Waals surface area (Å²) in [5.41, 5.74) is 7.17. The number of aromatic amines is 1. The van der Waals surface area contributed by atoms with Gasteiger partial charge in [-0.2, -0.15) is 0 Å². The number of fused-ring (bicyclic) bond motifs is 1. The number of halogens is 2. The van der Waals surface area contributed by atoms with Crippen molar-refractivity contribution in [2.24, 2.45) is 0 Å². The largest absolute Gasteiger partial charge is 0.399 e. The van der Waals surface area contributed by atoms with E-state index in [0.29, 0.717) is 27.3 Å². The van der Waals surface area contributed by atoms with Gasteiger partial charge in [0, 0.05) is 10.2 Å². The van der Waals surface area contributed by atoms with Gasteiger partial charge in [0.05, 0.1) is 21.6 Å². The molecular formula is C14H9BrClN3OS. The molecule has 0 radical (unpaired) electrons. The number of rotatable bonds is 1. The van der Waals surface area contributed by atoms with Gasteiger partial charge in [0.15, 0.2) is 4.77 Å². The summed E-state index contributed by atoms with van der Waals surface area (Å²) in [5, 5.41) is 0.924. The fourth-order valence-corrected chi connectivity index (χ4v) is 2.96. The summed E-state index contributed by atoms with van der Waals surface area (Å²) in [6.45, 7) is 0. The highest BCUT2D eigenvalue weighted by atomic mass is 79.9. The van der Waals surface area contributed by atoms with Crippen LogP contribution in [-0.2, 0) is 0 Å². The molecule has 0 bridgehead atoms. The molecule has 3 rings (SSSR count). The molecule has 7 heteroatoms. The lowest BCUT2D eigenvalue weighted by molar-refractivity contribution is 0.940. The highest BCUT2D eigenvalue weighted by Gasteiger charge is 2.11. The third-order valence-electron chi connectivity index (χ3n) is 3.07. The number of anilines is 1. The molecule has 0 spiro atoms. The zero-order valence-electron chi connectivity index (χ0n) is 10.6. The third kappa shape index (κ3) is 2.50. The second kappa shape index (κ2) is 5.29. The lowest BCUT2D eigenvalue weighted by Crippen LogP contribution is -2.21. The van der Waals surface area contributed by atoms with Crippen LogP contribution in [0, 0.1) is 4.77 Å². The predicted octanol–water partition coefficient (Wildman–Crippen LogP) is 4.05. The van der Waals surface area contributed by atoms with Gasteiger partial charge in [-0.1, -0.05) is 27.5 Å². The number of nitrogen functional groups attached to an aromatic ring is 1. The van der Waals surface area contributed by atoms with Crippen LogP contribution < -0.4 is 11.3 Å². The van der Waals surface area contributed by atoms with E-state index in [9.17, 15) is 4.79 Å². The van der Waals surface area contributed by atoms with Crippen LogP contribution in [0.15, 0.2) is 45.7 Å². The van der Waals surface area contributed by atoms with Crippen LogP contribution in [0.4, 0.5) is 5.69 Å². The Bertz CT molecular complexity index is 980. The predicted molar refractivity (Wildman–Crippen MR) is 91.9 cm³/mol. The van der Waals surface area contributed by atoms with E-state index in [1.54, 1.807) is 36.4 Å². The van der Waals surface area contributed by atoms with Gasteiger partial charge in [0.25, 0.3) is 5.56 Å². The zero-order valence-corrected chi connectivity index (χ0v) is 13.7. The first-order valence-corrected chi connectivity index (χ1v) is 7.55. The second-order valence-corrected chi connectivity index (χ2v) is 6.18. The van der Waals surface area contributed by atoms with Gasteiger partial charge in [-0.05, 0) is 48.6 Å². The maximum Gasteiger partial charge on any atom is 0.266 e. The molecule has 0 unspecified atom stereocenters. The second-order valence-electron chi connectivity index (χ2n) is 4.47. The lowest BCUT2D eigenvalue weighted by Gasteiger charge is -2.10. The van der Waals surface area contributed by atoms with Crippen molar-refractivity contribution in [2.75, 3.05) is 5.73 Å². The van der Waals surface area contributed by atoms with Gasteiger partial charge in [-0.25, -0.2) is 0 Å². The summed E-state index contributed by atoms with van der Waals surface area (Å²) in [4.78, 5) is 15.7. The van der Waals surface area contributed by atoms with Crippen LogP contribution >= 0.6 is 39.7 Å². The normalized spacial score (nSPS) is 11.0. The van der Waals surface area contributed by atoms with Crippen LogP contribution in [0.25, 0.3) is 16.6 Å². The molecule has 3 aromatic rings. The quantitative estimate of drug-likeness (QED) is 0.493. The first kappa shape index (κ1) is 14.3. The maximum atomic E-state index is 12.7. The molecule has 0 saturated heterocycles. The fourth-order valence-electron chi connectivity index (χ4n) is 2.11. The summed E-state index contributed by atoms with van der Waals surface area (Å²) in [5.74, 6) is 0. The first-order chi connectivity index (χ1) is 9.97. The summed E-state index contributed by atoms with van der Waals surface area (Å²) in [6, 6.07) is 10.3. The number of H-pyrrole nitrogens is 1. The summed E-state index contributed by atoms with van der Waals surface area (Å²) >= 11 is 14.8. The van der Waals surface area contributed by atoms with E-state index in [2.05, 4.69) is 20.9 Å². The molecular weight excluding hydrogens is 374 g/mol. The Hall–Kier alpha value is -1.63. The standard InChI is InChI=1S/C14H9BrClN3OS/c15-7-1-3-9-11(5-7)18-14(21)19(13(9)20)12-6-8(17)2-4-10(12)16/h1-6H,17H2,(H,18,21). The van der Waals surface area contributed by atoms with E-state index in [-0.39, 0.29) is 10.3 Å². The maximum absolute atomic E-state index is 12.7. The van der Waals surface area contributed by atoms with Gasteiger partial charge >= 0.3 is 0 Å². The number of hydrogen-bond acceptors (Lipinski definition) is 3. The van der Waals surface area contributed by atoms with E-state index >= 15 is 0 Å². The lowest BCUT2D eigenvalue weighted by atomic mass is 10.2. The molecule has 0 saturated carbocycles. The van der Waals surface area contributed by atoms with Crippen molar-refractivity contribution in [3.05, 3.63) is 61.0 Å². The number of aromatic nitrogens is 2. The van der Waals surface area contributed by atoms with Crippen molar-refractivity contribution < 1.29 is 0 Å². The van der Waals surface area contributed by atoms with Crippen LogP contribution in [0.2, 0.25) is 5.02 Å². The van der Waals surface area contributed by atoms with E-state index in [1.807, 2.05) is 0 Å². The number of hydrogen-bond donors (Lipinski definition) is 2. The molecule has 21 heavy (non-hydrogen) atoms. The van der Waals surface area contributed by atoms with Crippen molar-refractivity contribution in [1.82, 2.24) is 9.55 Å². The smallest absolute Gasteiger partial charge is 0.266 e. The molecule has 3 N–H and O–H groups in total. The summed E-state index contributed by atoms with van der Waals surface area (Å²) in [6.07, 6.45) is 0. The van der Waals surface area contributed by atoms with Gasteiger partial charge in [0.2, 0.25) is 0 Å². The van der Waals surface area contributed by atoms with E-state index in [4.69, 9.17) is 29.6 Å². The molecule has 0 atom stereocenters. The Kier molecular flexibility index (Phi) is 3.61. The number of nitrogens with two attached hydrogens (primary N) is 1. The van der Waals surface area contributed by atoms with Gasteiger partial charge < -0.3 is 10.7 Å². The summed E-state index contributed by atoms with van der Waals surface area (Å²) in [7, 11) is 0. The van der Waals surface area contributed by atoms with Crippen LogP contribution in [-0.4, -0.2) is 9.55 Å². The third-order valence-corrected chi connectivity index (χ3v) is 4.17. The van der Waals surface area contributed by atoms with Crippen LogP contribution in [0.1, 0.15) is 0 Å². The minimum atomic E-state index is -0.242.